The molecule has 0 aromatic carbocycles. The first-order chi connectivity index (χ1) is 9.87. The second-order valence-electron chi connectivity index (χ2n) is 5.70. The standard InChI is InChI=1S/C14H23N3O3S/c1-4-13(18)12-7-5-6-8-17(12)21(19,20)14-9-16(10-15-14)11(2)3/h9-12H,4-8H2,1-3H3/t12-/m0/s1. The fourth-order valence-corrected chi connectivity index (χ4v) is 4.21. The lowest BCUT2D eigenvalue weighted by molar-refractivity contribution is -0.123. The molecule has 1 saturated heterocycles. The minimum atomic E-state index is -3.70. The van der Waals surface area contributed by atoms with E-state index in [2.05, 4.69) is 4.98 Å². The summed E-state index contributed by atoms with van der Waals surface area (Å²) in [6.07, 6.45) is 5.72. The van der Waals surface area contributed by atoms with E-state index in [-0.39, 0.29) is 16.9 Å². The Morgan fingerprint density at radius 3 is 2.71 bits per heavy atom. The summed E-state index contributed by atoms with van der Waals surface area (Å²) in [6, 6.07) is -0.381. The zero-order valence-electron chi connectivity index (χ0n) is 12.8. The van der Waals surface area contributed by atoms with E-state index in [0.29, 0.717) is 19.4 Å². The van der Waals surface area contributed by atoms with Crippen molar-refractivity contribution in [2.24, 2.45) is 0 Å². The largest absolute Gasteiger partial charge is 0.334 e. The van der Waals surface area contributed by atoms with Gasteiger partial charge < -0.3 is 4.57 Å². The van der Waals surface area contributed by atoms with E-state index in [0.717, 1.165) is 12.8 Å². The number of rotatable bonds is 5. The number of Topliss-reactive ketones (excluding diaryl/α,β-unsaturated/α-hetero) is 1. The summed E-state index contributed by atoms with van der Waals surface area (Å²) in [5.74, 6) is -0.0124. The highest BCUT2D eigenvalue weighted by molar-refractivity contribution is 7.89. The molecular weight excluding hydrogens is 290 g/mol. The van der Waals surface area contributed by atoms with E-state index in [4.69, 9.17) is 0 Å². The average molecular weight is 313 g/mol. The van der Waals surface area contributed by atoms with Crippen molar-refractivity contribution in [3.8, 4) is 0 Å². The fraction of sp³-hybridized carbons (Fsp3) is 0.714. The molecule has 1 aliphatic rings. The number of hydrogen-bond acceptors (Lipinski definition) is 4. The van der Waals surface area contributed by atoms with E-state index in [1.807, 2.05) is 13.8 Å². The topological polar surface area (TPSA) is 72.3 Å². The molecule has 0 N–H and O–H groups in total. The van der Waals surface area contributed by atoms with Crippen LogP contribution in [0.15, 0.2) is 17.6 Å². The molecule has 1 aromatic heterocycles. The normalized spacial score (nSPS) is 20.9. The Morgan fingerprint density at radius 1 is 1.43 bits per heavy atom. The molecule has 1 aliphatic heterocycles. The van der Waals surface area contributed by atoms with E-state index in [9.17, 15) is 13.2 Å². The monoisotopic (exact) mass is 313 g/mol. The second-order valence-corrected chi connectivity index (χ2v) is 7.54. The minimum Gasteiger partial charge on any atom is -0.334 e. The third-order valence-electron chi connectivity index (χ3n) is 3.92. The maximum absolute atomic E-state index is 12.8. The molecule has 2 heterocycles. The summed E-state index contributed by atoms with van der Waals surface area (Å²) in [5, 5.41) is 0.0343. The molecule has 1 fully saturated rings. The molecule has 0 aliphatic carbocycles. The summed E-state index contributed by atoms with van der Waals surface area (Å²) in [5.41, 5.74) is 0. The maximum Gasteiger partial charge on any atom is 0.262 e. The first-order valence-electron chi connectivity index (χ1n) is 7.46. The second kappa shape index (κ2) is 6.27. The summed E-state index contributed by atoms with van der Waals surface area (Å²) >= 11 is 0. The summed E-state index contributed by atoms with van der Waals surface area (Å²) in [6.45, 7) is 6.09. The van der Waals surface area contributed by atoms with Crippen molar-refractivity contribution in [1.82, 2.24) is 13.9 Å². The number of carbonyl (C=O) groups excluding carboxylic acids is 1. The smallest absolute Gasteiger partial charge is 0.262 e. The van der Waals surface area contributed by atoms with Crippen LogP contribution in [0, 0.1) is 0 Å². The van der Waals surface area contributed by atoms with Crippen LogP contribution in [0.2, 0.25) is 0 Å². The van der Waals surface area contributed by atoms with Gasteiger partial charge in [-0.1, -0.05) is 13.3 Å². The Morgan fingerprint density at radius 2 is 2.14 bits per heavy atom. The van der Waals surface area contributed by atoms with Gasteiger partial charge in [0.25, 0.3) is 10.0 Å². The van der Waals surface area contributed by atoms with Gasteiger partial charge in [-0.25, -0.2) is 13.4 Å². The molecule has 0 bridgehead atoms. The molecular formula is C14H23N3O3S. The molecule has 6 nitrogen and oxygen atoms in total. The summed E-state index contributed by atoms with van der Waals surface area (Å²) in [7, 11) is -3.70. The number of aromatic nitrogens is 2. The average Bonchev–Trinajstić information content (AvgIpc) is 2.97. The lowest BCUT2D eigenvalue weighted by Crippen LogP contribution is -2.47. The van der Waals surface area contributed by atoms with Crippen LogP contribution < -0.4 is 0 Å². The van der Waals surface area contributed by atoms with Crippen molar-refractivity contribution in [2.75, 3.05) is 6.54 Å². The number of ketones is 1. The lowest BCUT2D eigenvalue weighted by atomic mass is 10.00. The summed E-state index contributed by atoms with van der Waals surface area (Å²) < 4.78 is 28.6. The molecule has 21 heavy (non-hydrogen) atoms. The number of carbonyl (C=O) groups is 1. The van der Waals surface area contributed by atoms with Gasteiger partial charge in [0.15, 0.2) is 10.8 Å². The minimum absolute atomic E-state index is 0.0124. The van der Waals surface area contributed by atoms with Crippen LogP contribution in [0.4, 0.5) is 0 Å². The van der Waals surface area contributed by atoms with Gasteiger partial charge in [-0.05, 0) is 26.7 Å². The van der Waals surface area contributed by atoms with Crippen LogP contribution in [0.5, 0.6) is 0 Å². The molecule has 118 valence electrons. The van der Waals surface area contributed by atoms with Gasteiger partial charge >= 0.3 is 0 Å². The zero-order chi connectivity index (χ0) is 15.6. The van der Waals surface area contributed by atoms with Crippen molar-refractivity contribution >= 4 is 15.8 Å². The highest BCUT2D eigenvalue weighted by Crippen LogP contribution is 2.26. The highest BCUT2D eigenvalue weighted by Gasteiger charge is 2.37. The predicted octanol–water partition coefficient (Wildman–Crippen LogP) is 1.99. The molecule has 0 saturated carbocycles. The highest BCUT2D eigenvalue weighted by atomic mass is 32.2. The van der Waals surface area contributed by atoms with Crippen LogP contribution >= 0.6 is 0 Å². The predicted molar refractivity (Wildman–Crippen MR) is 79.4 cm³/mol. The Kier molecular flexibility index (Phi) is 4.83. The van der Waals surface area contributed by atoms with Crippen molar-refractivity contribution < 1.29 is 13.2 Å². The van der Waals surface area contributed by atoms with E-state index in [1.165, 1.54) is 10.6 Å². The SMILES string of the molecule is CCC(=O)[C@@H]1CCCCN1S(=O)(=O)c1cn(C(C)C)cn1. The molecule has 0 radical (unpaired) electrons. The molecule has 7 heteroatoms. The van der Waals surface area contributed by atoms with Crippen molar-refractivity contribution in [1.29, 1.82) is 0 Å². The Bertz CT molecular complexity index is 607. The van der Waals surface area contributed by atoms with Crippen LogP contribution in [-0.4, -0.2) is 40.6 Å². The first-order valence-corrected chi connectivity index (χ1v) is 8.90. The first kappa shape index (κ1) is 16.2. The van der Waals surface area contributed by atoms with Crippen LogP contribution in [0.25, 0.3) is 0 Å². The third-order valence-corrected chi connectivity index (χ3v) is 5.71. The van der Waals surface area contributed by atoms with Gasteiger partial charge in [0, 0.05) is 25.2 Å². The summed E-state index contributed by atoms with van der Waals surface area (Å²) in [4.78, 5) is 16.1. The van der Waals surface area contributed by atoms with Gasteiger partial charge in [-0.3, -0.25) is 4.79 Å². The van der Waals surface area contributed by atoms with Gasteiger partial charge in [0.2, 0.25) is 0 Å². The van der Waals surface area contributed by atoms with E-state index < -0.39 is 16.1 Å². The van der Waals surface area contributed by atoms with E-state index >= 15 is 0 Å². The fourth-order valence-electron chi connectivity index (χ4n) is 2.60. The van der Waals surface area contributed by atoms with Crippen molar-refractivity contribution in [2.45, 2.75) is 63.6 Å². The number of hydrogen-bond donors (Lipinski definition) is 0. The number of sulfonamides is 1. The molecule has 2 rings (SSSR count). The molecule has 1 atom stereocenters. The van der Waals surface area contributed by atoms with Crippen LogP contribution in [-0.2, 0) is 14.8 Å². The molecule has 0 amide bonds. The Labute approximate surface area is 126 Å². The number of piperidine rings is 1. The molecule has 1 aromatic rings. The number of nitrogens with zero attached hydrogens (tertiary/aromatic N) is 3. The van der Waals surface area contributed by atoms with Gasteiger partial charge in [0.05, 0.1) is 12.4 Å². The van der Waals surface area contributed by atoms with Crippen LogP contribution in [0.1, 0.15) is 52.5 Å². The van der Waals surface area contributed by atoms with Gasteiger partial charge in [0.1, 0.15) is 0 Å². The van der Waals surface area contributed by atoms with E-state index in [1.54, 1.807) is 17.7 Å². The third kappa shape index (κ3) is 3.18. The Balaban J connectivity index is 2.33. The van der Waals surface area contributed by atoms with Crippen molar-refractivity contribution in [3.63, 3.8) is 0 Å². The van der Waals surface area contributed by atoms with Crippen LogP contribution in [0.3, 0.4) is 0 Å². The van der Waals surface area contributed by atoms with Gasteiger partial charge in [-0.15, -0.1) is 0 Å². The maximum atomic E-state index is 12.8. The lowest BCUT2D eigenvalue weighted by Gasteiger charge is -2.32. The molecule has 0 unspecified atom stereocenters. The zero-order valence-corrected chi connectivity index (χ0v) is 13.6. The number of imidazole rings is 1. The van der Waals surface area contributed by atoms with Crippen molar-refractivity contribution in [3.05, 3.63) is 12.5 Å². The molecule has 0 spiro atoms. The quantitative estimate of drug-likeness (QED) is 0.833. The van der Waals surface area contributed by atoms with Gasteiger partial charge in [-0.2, -0.15) is 4.31 Å². The Hall–Kier alpha value is -1.21.